The molecule has 0 bridgehead atoms. The second kappa shape index (κ2) is 8.35. The zero-order chi connectivity index (χ0) is 20.1. The summed E-state index contributed by atoms with van der Waals surface area (Å²) < 4.78 is 10.7. The number of hydrogen-bond acceptors (Lipinski definition) is 6. The van der Waals surface area contributed by atoms with Gasteiger partial charge >= 0.3 is 0 Å². The van der Waals surface area contributed by atoms with Crippen LogP contribution in [0.2, 0.25) is 0 Å². The summed E-state index contributed by atoms with van der Waals surface area (Å²) in [6.45, 7) is 0.375. The van der Waals surface area contributed by atoms with Crippen molar-refractivity contribution in [1.82, 2.24) is 20.4 Å². The first-order chi connectivity index (χ1) is 14.2. The topological polar surface area (TPSA) is 90.1 Å². The number of carbonyl (C=O) groups excluding carboxylic acids is 1. The molecule has 4 aromatic rings. The summed E-state index contributed by atoms with van der Waals surface area (Å²) in [5.74, 6) is 1.16. The van der Waals surface area contributed by atoms with Crippen LogP contribution in [0.3, 0.4) is 0 Å². The molecule has 2 aromatic heterocycles. The summed E-state index contributed by atoms with van der Waals surface area (Å²) in [5.41, 5.74) is 2.70. The van der Waals surface area contributed by atoms with Crippen molar-refractivity contribution in [3.8, 4) is 28.6 Å². The van der Waals surface area contributed by atoms with E-state index in [9.17, 15) is 4.79 Å². The highest BCUT2D eigenvalue weighted by atomic mass is 16.5. The third-order valence-corrected chi connectivity index (χ3v) is 4.33. The van der Waals surface area contributed by atoms with Gasteiger partial charge in [-0.25, -0.2) is 0 Å². The molecule has 1 N–H and O–H groups in total. The van der Waals surface area contributed by atoms with Crippen LogP contribution in [-0.4, -0.2) is 28.1 Å². The van der Waals surface area contributed by atoms with Crippen LogP contribution >= 0.6 is 0 Å². The molecule has 0 aliphatic rings. The minimum atomic E-state index is -0.231. The maximum absolute atomic E-state index is 12.7. The zero-order valence-corrected chi connectivity index (χ0v) is 15.7. The third-order valence-electron chi connectivity index (χ3n) is 4.33. The number of hydrogen-bond donors (Lipinski definition) is 1. The Labute approximate surface area is 167 Å². The number of pyridine rings is 1. The van der Waals surface area contributed by atoms with E-state index in [1.165, 1.54) is 0 Å². The first kappa shape index (κ1) is 18.4. The standard InChI is InChI=1S/C22H18N4O3/c1-28-17-8-4-7-16(12-17)20-25-22(29-26-20)19-10-3-2-9-18(19)21(27)24-14-15-6-5-11-23-13-15/h2-13H,14H2,1H3,(H,24,27). The third kappa shape index (κ3) is 4.14. The molecule has 1 amide bonds. The van der Waals surface area contributed by atoms with Crippen LogP contribution in [-0.2, 0) is 6.54 Å². The highest BCUT2D eigenvalue weighted by Crippen LogP contribution is 2.26. The number of nitrogens with zero attached hydrogens (tertiary/aromatic N) is 3. The van der Waals surface area contributed by atoms with Gasteiger partial charge in [0.25, 0.3) is 11.8 Å². The number of aromatic nitrogens is 3. The maximum atomic E-state index is 12.7. The highest BCUT2D eigenvalue weighted by molar-refractivity contribution is 6.00. The molecule has 144 valence electrons. The first-order valence-corrected chi connectivity index (χ1v) is 8.99. The Morgan fingerprint density at radius 3 is 2.83 bits per heavy atom. The van der Waals surface area contributed by atoms with E-state index >= 15 is 0 Å². The molecular weight excluding hydrogens is 368 g/mol. The van der Waals surface area contributed by atoms with E-state index in [2.05, 4.69) is 20.4 Å². The van der Waals surface area contributed by atoms with Crippen LogP contribution in [0.25, 0.3) is 22.8 Å². The molecule has 0 spiro atoms. The van der Waals surface area contributed by atoms with Crippen LogP contribution < -0.4 is 10.1 Å². The number of methoxy groups -OCH3 is 1. The van der Waals surface area contributed by atoms with Gasteiger partial charge < -0.3 is 14.6 Å². The first-order valence-electron chi connectivity index (χ1n) is 8.99. The van der Waals surface area contributed by atoms with Crippen molar-refractivity contribution >= 4 is 5.91 Å². The van der Waals surface area contributed by atoms with Crippen molar-refractivity contribution in [3.05, 3.63) is 84.2 Å². The lowest BCUT2D eigenvalue weighted by atomic mass is 10.1. The predicted molar refractivity (Wildman–Crippen MR) is 107 cm³/mol. The summed E-state index contributed by atoms with van der Waals surface area (Å²) in [4.78, 5) is 21.2. The molecule has 0 saturated heterocycles. The van der Waals surface area contributed by atoms with Crippen molar-refractivity contribution in [2.75, 3.05) is 7.11 Å². The van der Waals surface area contributed by atoms with E-state index in [1.807, 2.05) is 42.5 Å². The van der Waals surface area contributed by atoms with Gasteiger partial charge in [0.2, 0.25) is 5.82 Å². The Balaban J connectivity index is 1.58. The molecule has 0 saturated carbocycles. The predicted octanol–water partition coefficient (Wildman–Crippen LogP) is 3.74. The fourth-order valence-corrected chi connectivity index (χ4v) is 2.86. The number of carbonyl (C=O) groups is 1. The molecule has 4 rings (SSSR count). The molecule has 0 atom stereocenters. The van der Waals surface area contributed by atoms with Gasteiger partial charge in [-0.2, -0.15) is 4.98 Å². The minimum absolute atomic E-state index is 0.231. The van der Waals surface area contributed by atoms with Gasteiger partial charge in [-0.15, -0.1) is 0 Å². The summed E-state index contributed by atoms with van der Waals surface area (Å²) in [6, 6.07) is 18.2. The summed E-state index contributed by atoms with van der Waals surface area (Å²) in [7, 11) is 1.60. The van der Waals surface area contributed by atoms with E-state index < -0.39 is 0 Å². The second-order valence-electron chi connectivity index (χ2n) is 6.24. The van der Waals surface area contributed by atoms with Crippen molar-refractivity contribution in [2.24, 2.45) is 0 Å². The quantitative estimate of drug-likeness (QED) is 0.543. The van der Waals surface area contributed by atoms with E-state index in [4.69, 9.17) is 9.26 Å². The molecule has 7 nitrogen and oxygen atoms in total. The van der Waals surface area contributed by atoms with E-state index in [0.717, 1.165) is 11.1 Å². The molecular formula is C22H18N4O3. The van der Waals surface area contributed by atoms with Crippen LogP contribution in [0.1, 0.15) is 15.9 Å². The highest BCUT2D eigenvalue weighted by Gasteiger charge is 2.18. The smallest absolute Gasteiger partial charge is 0.259 e. The van der Waals surface area contributed by atoms with Crippen LogP contribution in [0.4, 0.5) is 0 Å². The largest absolute Gasteiger partial charge is 0.497 e. The van der Waals surface area contributed by atoms with E-state index in [1.54, 1.807) is 37.7 Å². The van der Waals surface area contributed by atoms with Gasteiger partial charge in [0, 0.05) is 24.5 Å². The van der Waals surface area contributed by atoms with Crippen molar-refractivity contribution in [1.29, 1.82) is 0 Å². The summed E-state index contributed by atoms with van der Waals surface area (Å²) >= 11 is 0. The molecule has 2 heterocycles. The van der Waals surface area contributed by atoms with Gasteiger partial charge in [0.1, 0.15) is 5.75 Å². The lowest BCUT2D eigenvalue weighted by Gasteiger charge is -2.07. The molecule has 2 aromatic carbocycles. The van der Waals surface area contributed by atoms with Gasteiger partial charge in [-0.1, -0.05) is 35.5 Å². The fourth-order valence-electron chi connectivity index (χ4n) is 2.86. The van der Waals surface area contributed by atoms with Crippen LogP contribution in [0.15, 0.2) is 77.6 Å². The average Bonchev–Trinajstić information content (AvgIpc) is 3.28. The van der Waals surface area contributed by atoms with Gasteiger partial charge in [-0.3, -0.25) is 9.78 Å². The molecule has 0 aliphatic heterocycles. The molecule has 7 heteroatoms. The second-order valence-corrected chi connectivity index (χ2v) is 6.24. The van der Waals surface area contributed by atoms with Crippen LogP contribution in [0.5, 0.6) is 5.75 Å². The van der Waals surface area contributed by atoms with Crippen molar-refractivity contribution in [3.63, 3.8) is 0 Å². The Morgan fingerprint density at radius 1 is 1.10 bits per heavy atom. The normalized spacial score (nSPS) is 10.5. The molecule has 29 heavy (non-hydrogen) atoms. The summed E-state index contributed by atoms with van der Waals surface area (Å²) in [5, 5.41) is 6.94. The molecule has 0 aliphatic carbocycles. The van der Waals surface area contributed by atoms with Crippen molar-refractivity contribution < 1.29 is 14.1 Å². The number of benzene rings is 2. The minimum Gasteiger partial charge on any atom is -0.497 e. The van der Waals surface area contributed by atoms with Crippen LogP contribution in [0, 0.1) is 0 Å². The van der Waals surface area contributed by atoms with Gasteiger partial charge in [-0.05, 0) is 35.9 Å². The van der Waals surface area contributed by atoms with Gasteiger partial charge in [0.05, 0.1) is 18.2 Å². The lowest BCUT2D eigenvalue weighted by molar-refractivity contribution is 0.0951. The molecule has 0 fully saturated rings. The Kier molecular flexibility index (Phi) is 5.29. The van der Waals surface area contributed by atoms with Crippen molar-refractivity contribution in [2.45, 2.75) is 6.54 Å². The average molecular weight is 386 g/mol. The Hall–Kier alpha value is -4.00. The van der Waals surface area contributed by atoms with E-state index in [-0.39, 0.29) is 11.8 Å². The van der Waals surface area contributed by atoms with Gasteiger partial charge in [0.15, 0.2) is 0 Å². The molecule has 0 unspecified atom stereocenters. The fraction of sp³-hybridized carbons (Fsp3) is 0.0909. The monoisotopic (exact) mass is 386 g/mol. The number of rotatable bonds is 6. The lowest BCUT2D eigenvalue weighted by Crippen LogP contribution is -2.23. The maximum Gasteiger partial charge on any atom is 0.259 e. The molecule has 0 radical (unpaired) electrons. The Morgan fingerprint density at radius 2 is 2.00 bits per heavy atom. The SMILES string of the molecule is COc1cccc(-c2noc(-c3ccccc3C(=O)NCc3cccnc3)n2)c1. The number of nitrogens with one attached hydrogen (secondary N) is 1. The zero-order valence-electron chi connectivity index (χ0n) is 15.7. The number of amides is 1. The number of ether oxygens (including phenoxy) is 1. The summed E-state index contributed by atoms with van der Waals surface area (Å²) in [6.07, 6.45) is 3.40. The van der Waals surface area contributed by atoms with E-state index in [0.29, 0.717) is 29.2 Å². The Bertz CT molecular complexity index is 1130.